The van der Waals surface area contributed by atoms with Gasteiger partial charge in [-0.15, -0.1) is 41.5 Å². The van der Waals surface area contributed by atoms with E-state index in [1.165, 1.54) is 44.1 Å². The number of fused-ring (bicyclic) bond motifs is 3. The van der Waals surface area contributed by atoms with Crippen molar-refractivity contribution < 1.29 is 20.1 Å². The molecular formula is C42H39IrN3-2. The van der Waals surface area contributed by atoms with Crippen LogP contribution in [0.15, 0.2) is 122 Å². The fourth-order valence-electron chi connectivity index (χ4n) is 5.96. The maximum absolute atomic E-state index is 4.65. The second kappa shape index (κ2) is 14.7. The Bertz CT molecular complexity index is 2080. The van der Waals surface area contributed by atoms with Gasteiger partial charge in [-0.3, -0.25) is 4.98 Å². The molecule has 233 valence electrons. The van der Waals surface area contributed by atoms with Gasteiger partial charge in [0.25, 0.3) is 0 Å². The van der Waals surface area contributed by atoms with Gasteiger partial charge in [-0.05, 0) is 65.2 Å². The van der Waals surface area contributed by atoms with Gasteiger partial charge in [0.2, 0.25) is 0 Å². The number of aromatic nitrogens is 3. The van der Waals surface area contributed by atoms with Crippen molar-refractivity contribution in [3.05, 3.63) is 151 Å². The molecule has 0 saturated carbocycles. The monoisotopic (exact) mass is 778 g/mol. The van der Waals surface area contributed by atoms with Crippen molar-refractivity contribution in [2.45, 2.75) is 40.7 Å². The molecule has 46 heavy (non-hydrogen) atoms. The van der Waals surface area contributed by atoms with E-state index in [4.69, 9.17) is 0 Å². The third-order valence-electron chi connectivity index (χ3n) is 8.19. The summed E-state index contributed by atoms with van der Waals surface area (Å²) in [6, 6.07) is 41.3. The summed E-state index contributed by atoms with van der Waals surface area (Å²) in [7, 11) is 0. The van der Waals surface area contributed by atoms with Gasteiger partial charge in [0, 0.05) is 55.8 Å². The molecule has 0 atom stereocenters. The van der Waals surface area contributed by atoms with Gasteiger partial charge in [-0.2, -0.15) is 18.6 Å². The van der Waals surface area contributed by atoms with E-state index in [0.717, 1.165) is 41.0 Å². The standard InChI is InChI=1S/C22H21N2.C20H18N.Ir/c1-15(2)14-24-21-7-5-4-6-18(21)19-9-8-17(13-22(19)24)20-12-16(3)10-11-23-20;1-3-16-13-20(18-12-8-7-9-15(18)2)21-14-19(16)17-10-5-4-6-11-17;/h4-7,9-13,15H,14H2,1-3H3;4-14H,2-3H2,1H3;/q2*-1;. The minimum atomic E-state index is 0. The molecule has 0 aliphatic carbocycles. The first-order chi connectivity index (χ1) is 21.9. The van der Waals surface area contributed by atoms with Crippen molar-refractivity contribution in [2.75, 3.05) is 0 Å². The maximum atomic E-state index is 4.65. The number of aryl methyl sites for hydroxylation is 2. The maximum Gasteiger partial charge on any atom is 0.0383 e. The average molecular weight is 778 g/mol. The summed E-state index contributed by atoms with van der Waals surface area (Å²) in [5.74, 6) is 0.591. The normalized spacial score (nSPS) is 10.9. The summed E-state index contributed by atoms with van der Waals surface area (Å²) in [5.41, 5.74) is 12.7. The fourth-order valence-corrected chi connectivity index (χ4v) is 5.96. The summed E-state index contributed by atoms with van der Waals surface area (Å²) >= 11 is 0. The van der Waals surface area contributed by atoms with Crippen molar-refractivity contribution in [2.24, 2.45) is 5.92 Å². The largest absolute Gasteiger partial charge is 0.358 e. The molecule has 0 spiro atoms. The Balaban J connectivity index is 0.000000179. The van der Waals surface area contributed by atoms with Crippen molar-refractivity contribution in [1.82, 2.24) is 14.5 Å². The van der Waals surface area contributed by atoms with E-state index in [2.05, 4.69) is 134 Å². The molecular weight excluding hydrogens is 739 g/mol. The van der Waals surface area contributed by atoms with Crippen molar-refractivity contribution >= 4 is 21.8 Å². The number of nitrogens with zero attached hydrogens (tertiary/aromatic N) is 3. The minimum absolute atomic E-state index is 0. The molecule has 0 aliphatic heterocycles. The summed E-state index contributed by atoms with van der Waals surface area (Å²) < 4.78 is 2.43. The third kappa shape index (κ3) is 6.99. The zero-order valence-corrected chi connectivity index (χ0v) is 29.3. The zero-order chi connectivity index (χ0) is 31.3. The van der Waals surface area contributed by atoms with Gasteiger partial charge >= 0.3 is 0 Å². The van der Waals surface area contributed by atoms with Gasteiger partial charge in [-0.25, -0.2) is 0 Å². The summed E-state index contributed by atoms with van der Waals surface area (Å²) in [6.45, 7) is 13.9. The minimum Gasteiger partial charge on any atom is -0.358 e. The van der Waals surface area contributed by atoms with Crippen LogP contribution in [0.1, 0.15) is 37.5 Å². The molecule has 0 aliphatic rings. The first-order valence-corrected chi connectivity index (χ1v) is 15.7. The molecule has 4 heteroatoms. The molecule has 0 unspecified atom stereocenters. The Morgan fingerprint density at radius 1 is 0.761 bits per heavy atom. The number of rotatable bonds is 6. The molecule has 3 nitrogen and oxygen atoms in total. The van der Waals surface area contributed by atoms with Crippen LogP contribution in [-0.4, -0.2) is 14.5 Å². The summed E-state index contributed by atoms with van der Waals surface area (Å²) in [4.78, 5) is 9.18. The molecule has 1 radical (unpaired) electrons. The molecule has 7 rings (SSSR count). The summed E-state index contributed by atoms with van der Waals surface area (Å²) in [6.07, 6.45) is 4.83. The van der Waals surface area contributed by atoms with E-state index in [1.54, 1.807) is 0 Å². The second-order valence-electron chi connectivity index (χ2n) is 12.0. The van der Waals surface area contributed by atoms with Crippen LogP contribution in [0.2, 0.25) is 0 Å². The first-order valence-electron chi connectivity index (χ1n) is 15.7. The van der Waals surface area contributed by atoms with Gasteiger partial charge in [-0.1, -0.05) is 92.4 Å². The zero-order valence-electron chi connectivity index (χ0n) is 26.9. The summed E-state index contributed by atoms with van der Waals surface area (Å²) in [5, 5.41) is 2.57. The molecule has 0 bridgehead atoms. The smallest absolute Gasteiger partial charge is 0.0383 e. The van der Waals surface area contributed by atoms with E-state index < -0.39 is 0 Å². The average Bonchev–Trinajstić information content (AvgIpc) is 3.37. The van der Waals surface area contributed by atoms with Gasteiger partial charge in [0.15, 0.2) is 0 Å². The van der Waals surface area contributed by atoms with Crippen LogP contribution < -0.4 is 0 Å². The molecule has 3 heterocycles. The van der Waals surface area contributed by atoms with Crippen LogP contribution >= 0.6 is 0 Å². The van der Waals surface area contributed by atoms with E-state index in [-0.39, 0.29) is 20.1 Å². The van der Waals surface area contributed by atoms with Gasteiger partial charge in [0.05, 0.1) is 0 Å². The quantitative estimate of drug-likeness (QED) is 0.158. The number of benzene rings is 4. The SMILES string of the molecule is Cc1ccnc(-c2[c-]cc3c4ccccc4n(CC(C)C)c3c2)c1.[CH2-]c1ccccc1-c1cc(CC)c(-c2ccccc2)cn1.[Ir]. The topological polar surface area (TPSA) is 30.7 Å². The molecule has 0 saturated heterocycles. The van der Waals surface area contributed by atoms with Crippen LogP contribution in [0, 0.1) is 25.8 Å². The van der Waals surface area contributed by atoms with Crippen LogP contribution in [0.3, 0.4) is 0 Å². The Morgan fingerprint density at radius 3 is 2.24 bits per heavy atom. The van der Waals surface area contributed by atoms with Crippen molar-refractivity contribution in [3.63, 3.8) is 0 Å². The van der Waals surface area contributed by atoms with Gasteiger partial charge < -0.3 is 9.55 Å². The molecule has 0 amide bonds. The number of para-hydroxylation sites is 1. The molecule has 4 aromatic carbocycles. The Labute approximate surface area is 286 Å². The molecule has 0 fully saturated rings. The number of pyridine rings is 2. The van der Waals surface area contributed by atoms with Crippen molar-refractivity contribution in [3.8, 4) is 33.6 Å². The molecule has 7 aromatic rings. The van der Waals surface area contributed by atoms with E-state index in [9.17, 15) is 0 Å². The molecule has 0 N–H and O–H groups in total. The van der Waals surface area contributed by atoms with Crippen LogP contribution in [0.5, 0.6) is 0 Å². The van der Waals surface area contributed by atoms with E-state index in [0.29, 0.717) is 5.92 Å². The number of hydrogen-bond donors (Lipinski definition) is 0. The fraction of sp³-hybridized carbons (Fsp3) is 0.167. The predicted molar refractivity (Wildman–Crippen MR) is 190 cm³/mol. The Morgan fingerprint density at radius 2 is 1.50 bits per heavy atom. The van der Waals surface area contributed by atoms with E-state index >= 15 is 0 Å². The molecule has 3 aromatic heterocycles. The van der Waals surface area contributed by atoms with Crippen molar-refractivity contribution in [1.29, 1.82) is 0 Å². The first kappa shape index (κ1) is 32.9. The van der Waals surface area contributed by atoms with Gasteiger partial charge in [0.1, 0.15) is 0 Å². The predicted octanol–water partition coefficient (Wildman–Crippen LogP) is 10.8. The van der Waals surface area contributed by atoms with Crippen LogP contribution in [0.25, 0.3) is 55.4 Å². The number of hydrogen-bond acceptors (Lipinski definition) is 2. The van der Waals surface area contributed by atoms with E-state index in [1.807, 2.05) is 42.7 Å². The van der Waals surface area contributed by atoms with Crippen LogP contribution in [-0.2, 0) is 33.1 Å². The third-order valence-corrected chi connectivity index (χ3v) is 8.19. The Kier molecular flexibility index (Phi) is 10.5. The Hall–Kier alpha value is -4.50. The van der Waals surface area contributed by atoms with Crippen LogP contribution in [0.4, 0.5) is 0 Å². The second-order valence-corrected chi connectivity index (χ2v) is 12.0.